The first-order valence-electron chi connectivity index (χ1n) is 6.76. The van der Waals surface area contributed by atoms with Crippen molar-refractivity contribution in [3.05, 3.63) is 35.9 Å². The van der Waals surface area contributed by atoms with Crippen LogP contribution in [0.3, 0.4) is 0 Å². The van der Waals surface area contributed by atoms with E-state index in [9.17, 15) is 5.11 Å². The summed E-state index contributed by atoms with van der Waals surface area (Å²) >= 11 is 0. The number of hydrogen-bond donors (Lipinski definition) is 1. The molecule has 0 saturated carbocycles. The third-order valence-electron chi connectivity index (χ3n) is 3.37. The van der Waals surface area contributed by atoms with E-state index in [-0.39, 0.29) is 18.9 Å². The van der Waals surface area contributed by atoms with Gasteiger partial charge in [-0.25, -0.2) is 0 Å². The van der Waals surface area contributed by atoms with Gasteiger partial charge in [-0.15, -0.1) is 0 Å². The lowest BCUT2D eigenvalue weighted by Crippen LogP contribution is -2.27. The normalized spacial score (nSPS) is 24.9. The van der Waals surface area contributed by atoms with E-state index < -0.39 is 0 Å². The van der Waals surface area contributed by atoms with Gasteiger partial charge in [0, 0.05) is 13.1 Å². The largest absolute Gasteiger partial charge is 0.394 e. The van der Waals surface area contributed by atoms with Crippen molar-refractivity contribution in [1.29, 1.82) is 0 Å². The molecule has 2 atom stereocenters. The highest BCUT2D eigenvalue weighted by atomic mass is 16.5. The molecule has 100 valence electrons. The highest BCUT2D eigenvalue weighted by Crippen LogP contribution is 2.30. The molecule has 0 aromatic heterocycles. The molecule has 0 radical (unpaired) electrons. The van der Waals surface area contributed by atoms with E-state index in [1.165, 1.54) is 5.56 Å². The third kappa shape index (κ3) is 3.31. The maximum absolute atomic E-state index is 9.27. The molecule has 0 spiro atoms. The van der Waals surface area contributed by atoms with Gasteiger partial charge in [-0.2, -0.15) is 0 Å². The van der Waals surface area contributed by atoms with Crippen LogP contribution in [0.25, 0.3) is 0 Å². The summed E-state index contributed by atoms with van der Waals surface area (Å²) in [5.74, 6) is 0.689. The maximum atomic E-state index is 9.27. The van der Waals surface area contributed by atoms with Gasteiger partial charge in [0.2, 0.25) is 0 Å². The average Bonchev–Trinajstić information content (AvgIpc) is 2.80. The second kappa shape index (κ2) is 6.32. The zero-order valence-corrected chi connectivity index (χ0v) is 11.2. The Morgan fingerprint density at radius 1 is 1.33 bits per heavy atom. The summed E-state index contributed by atoms with van der Waals surface area (Å²) in [5, 5.41) is 9.27. The number of hydrogen-bond acceptors (Lipinski definition) is 3. The SMILES string of the molecule is CC(C)CCN1C[C@H](CO)O[C@H]1c1ccccc1. The molecule has 1 aliphatic heterocycles. The van der Waals surface area contributed by atoms with Crippen molar-refractivity contribution >= 4 is 0 Å². The van der Waals surface area contributed by atoms with Crippen molar-refractivity contribution in [2.45, 2.75) is 32.6 Å². The third-order valence-corrected chi connectivity index (χ3v) is 3.37. The van der Waals surface area contributed by atoms with Gasteiger partial charge in [0.05, 0.1) is 12.7 Å². The van der Waals surface area contributed by atoms with E-state index in [1.54, 1.807) is 0 Å². The highest BCUT2D eigenvalue weighted by molar-refractivity contribution is 5.18. The highest BCUT2D eigenvalue weighted by Gasteiger charge is 2.32. The zero-order valence-electron chi connectivity index (χ0n) is 11.2. The first-order valence-corrected chi connectivity index (χ1v) is 6.76. The fourth-order valence-corrected chi connectivity index (χ4v) is 2.31. The smallest absolute Gasteiger partial charge is 0.137 e. The Kier molecular flexibility index (Phi) is 4.75. The van der Waals surface area contributed by atoms with E-state index in [0.717, 1.165) is 19.5 Å². The number of benzene rings is 1. The van der Waals surface area contributed by atoms with E-state index >= 15 is 0 Å². The Bertz CT molecular complexity index is 353. The Morgan fingerprint density at radius 2 is 2.06 bits per heavy atom. The van der Waals surface area contributed by atoms with Crippen LogP contribution in [0.2, 0.25) is 0 Å². The fourth-order valence-electron chi connectivity index (χ4n) is 2.31. The molecule has 1 N–H and O–H groups in total. The van der Waals surface area contributed by atoms with Gasteiger partial charge in [-0.1, -0.05) is 44.2 Å². The standard InChI is InChI=1S/C15H23NO2/c1-12(2)8-9-16-10-14(11-17)18-15(16)13-6-4-3-5-7-13/h3-7,12,14-15,17H,8-11H2,1-2H3/t14-,15+/m1/s1. The van der Waals surface area contributed by atoms with Crippen LogP contribution in [0.15, 0.2) is 30.3 Å². The van der Waals surface area contributed by atoms with E-state index in [2.05, 4.69) is 30.9 Å². The van der Waals surface area contributed by atoms with Crippen molar-refractivity contribution in [1.82, 2.24) is 4.90 Å². The first kappa shape index (κ1) is 13.5. The molecule has 1 heterocycles. The zero-order chi connectivity index (χ0) is 13.0. The molecule has 3 nitrogen and oxygen atoms in total. The Hall–Kier alpha value is -0.900. The van der Waals surface area contributed by atoms with Crippen LogP contribution in [0.4, 0.5) is 0 Å². The lowest BCUT2D eigenvalue weighted by Gasteiger charge is -2.23. The molecule has 1 aromatic carbocycles. The molecule has 0 aliphatic carbocycles. The van der Waals surface area contributed by atoms with Gasteiger partial charge in [0.1, 0.15) is 6.23 Å². The number of nitrogens with zero attached hydrogens (tertiary/aromatic N) is 1. The fraction of sp³-hybridized carbons (Fsp3) is 0.600. The van der Waals surface area contributed by atoms with Gasteiger partial charge < -0.3 is 9.84 Å². The molecule has 18 heavy (non-hydrogen) atoms. The van der Waals surface area contributed by atoms with Crippen LogP contribution in [0, 0.1) is 5.92 Å². The molecule has 1 fully saturated rings. The minimum Gasteiger partial charge on any atom is -0.394 e. The summed E-state index contributed by atoms with van der Waals surface area (Å²) in [6, 6.07) is 10.3. The molecule has 0 unspecified atom stereocenters. The van der Waals surface area contributed by atoms with Gasteiger partial charge >= 0.3 is 0 Å². The molecule has 1 aromatic rings. The molecular formula is C15H23NO2. The summed E-state index contributed by atoms with van der Waals surface area (Å²) in [4.78, 5) is 2.33. The minimum atomic E-state index is -0.0534. The Balaban J connectivity index is 2.05. The molecule has 3 heteroatoms. The molecule has 2 rings (SSSR count). The van der Waals surface area contributed by atoms with Crippen LogP contribution in [0.1, 0.15) is 32.1 Å². The second-order valence-electron chi connectivity index (χ2n) is 5.38. The minimum absolute atomic E-state index is 0.00194. The topological polar surface area (TPSA) is 32.7 Å². The molecule has 0 amide bonds. The predicted octanol–water partition coefficient (Wildman–Crippen LogP) is 2.42. The van der Waals surface area contributed by atoms with Gasteiger partial charge in [-0.3, -0.25) is 4.90 Å². The summed E-state index contributed by atoms with van der Waals surface area (Å²) in [6.45, 7) is 6.41. The van der Waals surface area contributed by atoms with Crippen LogP contribution < -0.4 is 0 Å². The Labute approximate surface area is 109 Å². The van der Waals surface area contributed by atoms with Gasteiger partial charge in [0.15, 0.2) is 0 Å². The van der Waals surface area contributed by atoms with Crippen molar-refractivity contribution < 1.29 is 9.84 Å². The van der Waals surface area contributed by atoms with Gasteiger partial charge in [-0.05, 0) is 17.9 Å². The lowest BCUT2D eigenvalue weighted by atomic mass is 10.1. The van der Waals surface area contributed by atoms with Crippen molar-refractivity contribution in [2.24, 2.45) is 5.92 Å². The van der Waals surface area contributed by atoms with E-state index in [1.807, 2.05) is 18.2 Å². The number of aliphatic hydroxyl groups is 1. The van der Waals surface area contributed by atoms with E-state index in [4.69, 9.17) is 4.74 Å². The average molecular weight is 249 g/mol. The number of ether oxygens (including phenoxy) is 1. The van der Waals surface area contributed by atoms with Crippen molar-refractivity contribution in [2.75, 3.05) is 19.7 Å². The number of aliphatic hydroxyl groups excluding tert-OH is 1. The van der Waals surface area contributed by atoms with E-state index in [0.29, 0.717) is 5.92 Å². The molecular weight excluding hydrogens is 226 g/mol. The molecule has 0 bridgehead atoms. The second-order valence-corrected chi connectivity index (χ2v) is 5.38. The van der Waals surface area contributed by atoms with Crippen LogP contribution in [0.5, 0.6) is 0 Å². The summed E-state index contributed by atoms with van der Waals surface area (Å²) < 4.78 is 5.92. The molecule has 1 aliphatic rings. The predicted molar refractivity (Wildman–Crippen MR) is 72.2 cm³/mol. The Morgan fingerprint density at radius 3 is 2.67 bits per heavy atom. The monoisotopic (exact) mass is 249 g/mol. The van der Waals surface area contributed by atoms with Crippen molar-refractivity contribution in [3.8, 4) is 0 Å². The van der Waals surface area contributed by atoms with Gasteiger partial charge in [0.25, 0.3) is 0 Å². The summed E-state index contributed by atoms with van der Waals surface area (Å²) in [6.07, 6.45) is 1.11. The maximum Gasteiger partial charge on any atom is 0.137 e. The molecule has 1 saturated heterocycles. The summed E-state index contributed by atoms with van der Waals surface area (Å²) in [5.41, 5.74) is 1.18. The van der Waals surface area contributed by atoms with Crippen molar-refractivity contribution in [3.63, 3.8) is 0 Å². The quantitative estimate of drug-likeness (QED) is 0.870. The lowest BCUT2D eigenvalue weighted by molar-refractivity contribution is -0.0203. The van der Waals surface area contributed by atoms with Crippen LogP contribution in [-0.2, 0) is 4.74 Å². The summed E-state index contributed by atoms with van der Waals surface area (Å²) in [7, 11) is 0. The first-order chi connectivity index (χ1) is 8.70. The van der Waals surface area contributed by atoms with Crippen LogP contribution >= 0.6 is 0 Å². The van der Waals surface area contributed by atoms with Crippen LogP contribution in [-0.4, -0.2) is 35.8 Å². The number of rotatable bonds is 5.